The van der Waals surface area contributed by atoms with Crippen molar-refractivity contribution in [2.24, 2.45) is 0 Å². The maximum atomic E-state index is 14.8. The average molecular weight is 520 g/mol. The van der Waals surface area contributed by atoms with Crippen LogP contribution in [0.2, 0.25) is 0 Å². The molecule has 196 valence electrons. The van der Waals surface area contributed by atoms with Crippen LogP contribution in [-0.2, 0) is 4.79 Å². The fourth-order valence-corrected chi connectivity index (χ4v) is 4.33. The van der Waals surface area contributed by atoms with Crippen molar-refractivity contribution >= 4 is 23.3 Å². The minimum atomic E-state index is -0.697. The van der Waals surface area contributed by atoms with Crippen molar-refractivity contribution in [2.45, 2.75) is 44.1 Å². The molecule has 38 heavy (non-hydrogen) atoms. The van der Waals surface area contributed by atoms with Crippen LogP contribution < -0.4 is 21.1 Å². The molecule has 0 unspecified atom stereocenters. The Morgan fingerprint density at radius 2 is 1.97 bits per heavy atom. The van der Waals surface area contributed by atoms with Crippen LogP contribution in [0.3, 0.4) is 0 Å². The molecule has 10 heteroatoms. The quantitative estimate of drug-likeness (QED) is 0.354. The Kier molecular flexibility index (Phi) is 6.56. The van der Waals surface area contributed by atoms with Crippen LogP contribution in [0.15, 0.2) is 49.3 Å². The first kappa shape index (κ1) is 25.3. The van der Waals surface area contributed by atoms with Gasteiger partial charge in [0.2, 0.25) is 5.91 Å². The molecule has 1 heterocycles. The van der Waals surface area contributed by atoms with Crippen LogP contribution in [-0.4, -0.2) is 33.9 Å². The Balaban J connectivity index is 1.42. The monoisotopic (exact) mass is 519 g/mol. The predicted octanol–water partition coefficient (Wildman–Crippen LogP) is 4.66. The van der Waals surface area contributed by atoms with E-state index in [9.17, 15) is 18.4 Å². The lowest BCUT2D eigenvalue weighted by atomic mass is 10.0. The number of aromatic nitrogens is 2. The predicted molar refractivity (Wildman–Crippen MR) is 139 cm³/mol. The average Bonchev–Trinajstić information content (AvgIpc) is 3.81. The van der Waals surface area contributed by atoms with E-state index in [2.05, 4.69) is 27.2 Å². The summed E-state index contributed by atoms with van der Waals surface area (Å²) in [5, 5.41) is 5.47. The van der Waals surface area contributed by atoms with Crippen LogP contribution in [0.5, 0.6) is 5.75 Å². The largest absolute Gasteiger partial charge is 0.485 e. The number of carbonyl (C=O) groups is 2. The summed E-state index contributed by atoms with van der Waals surface area (Å²) < 4.78 is 35.4. The van der Waals surface area contributed by atoms with Crippen molar-refractivity contribution in [3.8, 4) is 17.0 Å². The molecule has 8 nitrogen and oxygen atoms in total. The van der Waals surface area contributed by atoms with Gasteiger partial charge in [-0.2, -0.15) is 0 Å². The molecule has 2 saturated carbocycles. The summed E-state index contributed by atoms with van der Waals surface area (Å²) in [4.78, 5) is 33.0. The van der Waals surface area contributed by atoms with Gasteiger partial charge in [0.05, 0.1) is 11.1 Å². The van der Waals surface area contributed by atoms with E-state index in [1.807, 2.05) is 0 Å². The van der Waals surface area contributed by atoms with E-state index in [-0.39, 0.29) is 41.0 Å². The van der Waals surface area contributed by atoms with E-state index in [0.29, 0.717) is 29.9 Å². The third kappa shape index (κ3) is 5.20. The molecule has 0 saturated heterocycles. The number of halogens is 2. The SMILES string of the molecule is C=CC(=O)NC1(COc2c(N)ncnc2-c2cc(F)cc(NC(=O)c3ccc(C4CC4)cc3F)c2C)CC1. The van der Waals surface area contributed by atoms with Gasteiger partial charge in [0.25, 0.3) is 5.91 Å². The smallest absolute Gasteiger partial charge is 0.258 e. The summed E-state index contributed by atoms with van der Waals surface area (Å²) in [6.07, 6.45) is 5.86. The molecule has 5 rings (SSSR count). The van der Waals surface area contributed by atoms with Gasteiger partial charge < -0.3 is 21.1 Å². The minimum absolute atomic E-state index is 0.0351. The molecular weight excluding hydrogens is 492 g/mol. The number of hydrogen-bond donors (Lipinski definition) is 3. The van der Waals surface area contributed by atoms with Crippen molar-refractivity contribution in [3.63, 3.8) is 0 Å². The van der Waals surface area contributed by atoms with Crippen molar-refractivity contribution in [2.75, 3.05) is 17.7 Å². The van der Waals surface area contributed by atoms with E-state index < -0.39 is 23.1 Å². The van der Waals surface area contributed by atoms with Crippen molar-refractivity contribution in [1.29, 1.82) is 0 Å². The van der Waals surface area contributed by atoms with E-state index in [0.717, 1.165) is 24.5 Å². The Labute approximate surface area is 218 Å². The summed E-state index contributed by atoms with van der Waals surface area (Å²) in [7, 11) is 0. The highest BCUT2D eigenvalue weighted by Gasteiger charge is 2.45. The molecule has 2 aliphatic rings. The number of anilines is 2. The zero-order chi connectivity index (χ0) is 27.0. The van der Waals surface area contributed by atoms with E-state index in [1.165, 1.54) is 30.6 Å². The maximum absolute atomic E-state index is 14.8. The van der Waals surface area contributed by atoms with Crippen LogP contribution in [0.1, 0.15) is 53.1 Å². The van der Waals surface area contributed by atoms with E-state index in [1.54, 1.807) is 13.0 Å². The third-order valence-corrected chi connectivity index (χ3v) is 6.91. The highest BCUT2D eigenvalue weighted by Crippen LogP contribution is 2.41. The molecule has 2 aromatic carbocycles. The number of carbonyl (C=O) groups excluding carboxylic acids is 2. The summed E-state index contributed by atoms with van der Waals surface area (Å²) in [5.74, 6) is -1.78. The number of hydrogen-bond acceptors (Lipinski definition) is 6. The van der Waals surface area contributed by atoms with E-state index >= 15 is 0 Å². The molecule has 0 bridgehead atoms. The number of nitrogens with two attached hydrogens (primary N) is 1. The first-order valence-electron chi connectivity index (χ1n) is 12.3. The van der Waals surface area contributed by atoms with Crippen molar-refractivity contribution in [1.82, 2.24) is 15.3 Å². The van der Waals surface area contributed by atoms with Crippen LogP contribution in [0.4, 0.5) is 20.3 Å². The molecule has 0 spiro atoms. The Morgan fingerprint density at radius 1 is 1.21 bits per heavy atom. The lowest BCUT2D eigenvalue weighted by Gasteiger charge is -2.20. The third-order valence-electron chi connectivity index (χ3n) is 6.91. The van der Waals surface area contributed by atoms with Gasteiger partial charge in [0.15, 0.2) is 11.6 Å². The molecule has 0 aliphatic heterocycles. The van der Waals surface area contributed by atoms with Crippen LogP contribution in [0, 0.1) is 18.6 Å². The minimum Gasteiger partial charge on any atom is -0.485 e. The second kappa shape index (κ2) is 9.85. The lowest BCUT2D eigenvalue weighted by Crippen LogP contribution is -2.40. The second-order valence-corrected chi connectivity index (χ2v) is 9.79. The number of amides is 2. The normalized spacial score (nSPS) is 15.4. The van der Waals surface area contributed by atoms with Gasteiger partial charge in [-0.1, -0.05) is 12.6 Å². The fourth-order valence-electron chi connectivity index (χ4n) is 4.33. The van der Waals surface area contributed by atoms with Gasteiger partial charge in [-0.05, 0) is 80.0 Å². The molecule has 4 N–H and O–H groups in total. The number of ether oxygens (including phenoxy) is 1. The molecule has 2 fully saturated rings. The van der Waals surface area contributed by atoms with Gasteiger partial charge in [-0.3, -0.25) is 9.59 Å². The van der Waals surface area contributed by atoms with Gasteiger partial charge in [0, 0.05) is 11.3 Å². The van der Waals surface area contributed by atoms with Crippen molar-refractivity contribution < 1.29 is 23.1 Å². The molecule has 3 aromatic rings. The highest BCUT2D eigenvalue weighted by atomic mass is 19.1. The second-order valence-electron chi connectivity index (χ2n) is 9.79. The topological polar surface area (TPSA) is 119 Å². The Hall–Kier alpha value is -4.34. The zero-order valence-corrected chi connectivity index (χ0v) is 20.8. The van der Waals surface area contributed by atoms with Gasteiger partial charge in [-0.25, -0.2) is 18.7 Å². The van der Waals surface area contributed by atoms with Gasteiger partial charge >= 0.3 is 0 Å². The number of nitrogens with one attached hydrogen (secondary N) is 2. The van der Waals surface area contributed by atoms with Crippen LogP contribution in [0.25, 0.3) is 11.3 Å². The number of benzene rings is 2. The molecule has 1 aromatic heterocycles. The molecular formula is C28H27F2N5O3. The first-order valence-corrected chi connectivity index (χ1v) is 12.3. The summed E-state index contributed by atoms with van der Waals surface area (Å²) in [5.41, 5.74) is 7.42. The summed E-state index contributed by atoms with van der Waals surface area (Å²) in [6, 6.07) is 6.98. The molecule has 2 aliphatic carbocycles. The molecule has 2 amide bonds. The zero-order valence-electron chi connectivity index (χ0n) is 20.8. The Morgan fingerprint density at radius 3 is 2.63 bits per heavy atom. The summed E-state index contributed by atoms with van der Waals surface area (Å²) >= 11 is 0. The highest BCUT2D eigenvalue weighted by molar-refractivity contribution is 6.05. The van der Waals surface area contributed by atoms with Crippen LogP contribution >= 0.6 is 0 Å². The van der Waals surface area contributed by atoms with Crippen molar-refractivity contribution in [3.05, 3.63) is 77.6 Å². The first-order chi connectivity index (χ1) is 18.2. The molecule has 0 atom stereocenters. The standard InChI is InChI=1S/C28H27F2N5O3/c1-3-23(36)35-28(8-9-28)13-38-25-24(32-14-33-26(25)31)20-11-18(29)12-22(15(20)2)34-27(37)19-7-6-17(10-21(19)30)16-4-5-16/h3,6-7,10-12,14,16H,1,4-5,8-9,13H2,2H3,(H,34,37)(H,35,36)(H2,31,32,33). The number of rotatable bonds is 9. The lowest BCUT2D eigenvalue weighted by molar-refractivity contribution is -0.117. The number of nitrogens with zero attached hydrogens (tertiary/aromatic N) is 2. The number of nitrogen functional groups attached to an aromatic ring is 1. The van der Waals surface area contributed by atoms with E-state index in [4.69, 9.17) is 10.5 Å². The maximum Gasteiger partial charge on any atom is 0.258 e. The summed E-state index contributed by atoms with van der Waals surface area (Å²) in [6.45, 7) is 5.24. The fraction of sp³-hybridized carbons (Fsp3) is 0.286. The van der Waals surface area contributed by atoms with Gasteiger partial charge in [-0.15, -0.1) is 0 Å². The van der Waals surface area contributed by atoms with Gasteiger partial charge in [0.1, 0.15) is 30.3 Å². The Bertz CT molecular complexity index is 1450. The molecule has 0 radical (unpaired) electrons.